The van der Waals surface area contributed by atoms with Crippen LogP contribution in [0.15, 0.2) is 24.3 Å². The van der Waals surface area contributed by atoms with E-state index in [1.807, 2.05) is 18.2 Å². The SMILES string of the molecule is O=C(O)C1Cc2ccccc2N1C(=O)[C@@H]1CCCO1. The van der Waals surface area contributed by atoms with Gasteiger partial charge in [-0.25, -0.2) is 4.79 Å². The lowest BCUT2D eigenvalue weighted by Crippen LogP contribution is -2.47. The van der Waals surface area contributed by atoms with Crippen LogP contribution in [0.2, 0.25) is 0 Å². The van der Waals surface area contributed by atoms with Crippen LogP contribution in [0.5, 0.6) is 0 Å². The van der Waals surface area contributed by atoms with E-state index in [9.17, 15) is 14.7 Å². The fourth-order valence-electron chi connectivity index (χ4n) is 2.78. The number of aliphatic carboxylic acids is 1. The lowest BCUT2D eigenvalue weighted by Gasteiger charge is -2.25. The van der Waals surface area contributed by atoms with Crippen molar-refractivity contribution in [2.75, 3.05) is 11.5 Å². The molecule has 2 aliphatic heterocycles. The molecule has 1 fully saturated rings. The zero-order chi connectivity index (χ0) is 13.4. The van der Waals surface area contributed by atoms with Crippen LogP contribution in [-0.4, -0.2) is 35.7 Å². The summed E-state index contributed by atoms with van der Waals surface area (Å²) in [6, 6.07) is 6.53. The largest absolute Gasteiger partial charge is 0.480 e. The highest BCUT2D eigenvalue weighted by Crippen LogP contribution is 2.33. The molecule has 100 valence electrons. The number of carboxylic acids is 1. The number of carbonyl (C=O) groups excluding carboxylic acids is 1. The fourth-order valence-corrected chi connectivity index (χ4v) is 2.78. The van der Waals surface area contributed by atoms with Crippen molar-refractivity contribution in [3.05, 3.63) is 29.8 Å². The number of ether oxygens (including phenoxy) is 1. The Hall–Kier alpha value is -1.88. The standard InChI is InChI=1S/C14H15NO4/c16-13(12-6-3-7-19-12)15-10-5-2-1-4-9(10)8-11(15)14(17)18/h1-2,4-5,11-12H,3,6-8H2,(H,17,18)/t11?,12-/m0/s1. The average Bonchev–Trinajstić information content (AvgIpc) is 3.05. The second-order valence-corrected chi connectivity index (χ2v) is 4.90. The Morgan fingerprint density at radius 3 is 2.79 bits per heavy atom. The van der Waals surface area contributed by atoms with Gasteiger partial charge in [-0.3, -0.25) is 9.69 Å². The van der Waals surface area contributed by atoms with Gasteiger partial charge in [-0.05, 0) is 24.5 Å². The Bertz CT molecular complexity index is 522. The van der Waals surface area contributed by atoms with E-state index in [4.69, 9.17) is 4.74 Å². The number of rotatable bonds is 2. The highest BCUT2D eigenvalue weighted by molar-refractivity contribution is 6.04. The van der Waals surface area contributed by atoms with Crippen LogP contribution in [0.1, 0.15) is 18.4 Å². The number of carboxylic acid groups (broad SMARTS) is 1. The number of nitrogens with zero attached hydrogens (tertiary/aromatic N) is 1. The van der Waals surface area contributed by atoms with E-state index in [2.05, 4.69) is 0 Å². The molecular weight excluding hydrogens is 246 g/mol. The predicted octanol–water partition coefficient (Wildman–Crippen LogP) is 1.21. The van der Waals surface area contributed by atoms with E-state index < -0.39 is 18.1 Å². The zero-order valence-electron chi connectivity index (χ0n) is 10.4. The molecule has 2 atom stereocenters. The molecule has 1 unspecified atom stereocenters. The summed E-state index contributed by atoms with van der Waals surface area (Å²) in [4.78, 5) is 25.2. The molecule has 0 aliphatic carbocycles. The minimum atomic E-state index is -0.970. The third-order valence-electron chi connectivity index (χ3n) is 3.70. The number of hydrogen-bond acceptors (Lipinski definition) is 3. The Morgan fingerprint density at radius 1 is 1.32 bits per heavy atom. The molecule has 1 N–H and O–H groups in total. The number of amides is 1. The normalized spacial score (nSPS) is 25.4. The van der Waals surface area contributed by atoms with Crippen molar-refractivity contribution in [2.45, 2.75) is 31.4 Å². The predicted molar refractivity (Wildman–Crippen MR) is 68.0 cm³/mol. The van der Waals surface area contributed by atoms with Gasteiger partial charge in [0.25, 0.3) is 5.91 Å². The first-order chi connectivity index (χ1) is 9.18. The lowest BCUT2D eigenvalue weighted by atomic mass is 10.1. The van der Waals surface area contributed by atoms with Gasteiger partial charge in [0.15, 0.2) is 0 Å². The first-order valence-corrected chi connectivity index (χ1v) is 6.44. The molecule has 5 nitrogen and oxygen atoms in total. The van der Waals surface area contributed by atoms with Gasteiger partial charge in [-0.15, -0.1) is 0 Å². The quantitative estimate of drug-likeness (QED) is 0.869. The maximum Gasteiger partial charge on any atom is 0.327 e. The summed E-state index contributed by atoms with van der Waals surface area (Å²) in [6.07, 6.45) is 1.39. The van der Waals surface area contributed by atoms with E-state index in [0.29, 0.717) is 25.1 Å². The van der Waals surface area contributed by atoms with Gasteiger partial charge in [-0.1, -0.05) is 18.2 Å². The average molecular weight is 261 g/mol. The summed E-state index contributed by atoms with van der Waals surface area (Å²) in [7, 11) is 0. The summed E-state index contributed by atoms with van der Waals surface area (Å²) in [6.45, 7) is 0.573. The second-order valence-electron chi connectivity index (χ2n) is 4.90. The molecule has 1 aromatic carbocycles. The first kappa shape index (κ1) is 12.2. The Balaban J connectivity index is 1.95. The van der Waals surface area contributed by atoms with Crippen molar-refractivity contribution in [3.8, 4) is 0 Å². The number of hydrogen-bond donors (Lipinski definition) is 1. The van der Waals surface area contributed by atoms with Gasteiger partial charge in [0.2, 0.25) is 0 Å². The zero-order valence-corrected chi connectivity index (χ0v) is 10.4. The summed E-state index contributed by atoms with van der Waals surface area (Å²) in [5, 5.41) is 9.31. The van der Waals surface area contributed by atoms with Crippen LogP contribution in [0.3, 0.4) is 0 Å². The number of anilines is 1. The van der Waals surface area contributed by atoms with Crippen LogP contribution in [0.25, 0.3) is 0 Å². The molecule has 3 rings (SSSR count). The summed E-state index contributed by atoms with van der Waals surface area (Å²) in [5.41, 5.74) is 1.61. The van der Waals surface area contributed by atoms with Crippen LogP contribution in [-0.2, 0) is 20.7 Å². The topological polar surface area (TPSA) is 66.8 Å². The van der Waals surface area contributed by atoms with Crippen LogP contribution < -0.4 is 4.90 Å². The number of benzene rings is 1. The molecule has 2 aliphatic rings. The molecule has 0 radical (unpaired) electrons. The molecular formula is C14H15NO4. The van der Waals surface area contributed by atoms with E-state index in [-0.39, 0.29) is 5.91 Å². The molecule has 0 aromatic heterocycles. The summed E-state index contributed by atoms with van der Waals surface area (Å²) < 4.78 is 5.39. The number of para-hydroxylation sites is 1. The molecule has 0 spiro atoms. The second kappa shape index (κ2) is 4.66. The van der Waals surface area contributed by atoms with Gasteiger partial charge in [0, 0.05) is 18.7 Å². The van der Waals surface area contributed by atoms with Crippen LogP contribution in [0, 0.1) is 0 Å². The molecule has 1 saturated heterocycles. The van der Waals surface area contributed by atoms with Crippen LogP contribution >= 0.6 is 0 Å². The van der Waals surface area contributed by atoms with Gasteiger partial charge in [-0.2, -0.15) is 0 Å². The molecule has 1 amide bonds. The molecule has 0 saturated carbocycles. The van der Waals surface area contributed by atoms with E-state index in [1.54, 1.807) is 6.07 Å². The van der Waals surface area contributed by atoms with Crippen molar-refractivity contribution >= 4 is 17.6 Å². The Morgan fingerprint density at radius 2 is 2.11 bits per heavy atom. The first-order valence-electron chi connectivity index (χ1n) is 6.44. The van der Waals surface area contributed by atoms with Crippen molar-refractivity contribution in [2.24, 2.45) is 0 Å². The van der Waals surface area contributed by atoms with Crippen molar-refractivity contribution in [1.29, 1.82) is 0 Å². The van der Waals surface area contributed by atoms with E-state index in [1.165, 1.54) is 4.90 Å². The maximum atomic E-state index is 12.5. The van der Waals surface area contributed by atoms with Crippen molar-refractivity contribution in [1.82, 2.24) is 0 Å². The van der Waals surface area contributed by atoms with Crippen molar-refractivity contribution in [3.63, 3.8) is 0 Å². The molecule has 2 heterocycles. The highest BCUT2D eigenvalue weighted by atomic mass is 16.5. The van der Waals surface area contributed by atoms with Crippen LogP contribution in [0.4, 0.5) is 5.69 Å². The monoisotopic (exact) mass is 261 g/mol. The summed E-state index contributed by atoms with van der Waals surface area (Å²) in [5.74, 6) is -1.20. The smallest absolute Gasteiger partial charge is 0.327 e. The Kier molecular flexibility index (Phi) is 2.98. The van der Waals surface area contributed by atoms with Gasteiger partial charge >= 0.3 is 5.97 Å². The number of fused-ring (bicyclic) bond motifs is 1. The van der Waals surface area contributed by atoms with Gasteiger partial charge in [0.1, 0.15) is 12.1 Å². The molecule has 0 bridgehead atoms. The Labute approximate surface area is 110 Å². The summed E-state index contributed by atoms with van der Waals surface area (Å²) >= 11 is 0. The van der Waals surface area contributed by atoms with E-state index in [0.717, 1.165) is 12.0 Å². The highest BCUT2D eigenvalue weighted by Gasteiger charge is 2.41. The van der Waals surface area contributed by atoms with Crippen molar-refractivity contribution < 1.29 is 19.4 Å². The minimum absolute atomic E-state index is 0.227. The minimum Gasteiger partial charge on any atom is -0.480 e. The third kappa shape index (κ3) is 2.00. The third-order valence-corrected chi connectivity index (χ3v) is 3.70. The van der Waals surface area contributed by atoms with Gasteiger partial charge < -0.3 is 9.84 Å². The van der Waals surface area contributed by atoms with Gasteiger partial charge in [0.05, 0.1) is 0 Å². The molecule has 1 aromatic rings. The van der Waals surface area contributed by atoms with E-state index >= 15 is 0 Å². The lowest BCUT2D eigenvalue weighted by molar-refractivity contribution is -0.141. The maximum absolute atomic E-state index is 12.5. The molecule has 5 heteroatoms. The number of carbonyl (C=O) groups is 2. The molecule has 19 heavy (non-hydrogen) atoms. The fraction of sp³-hybridized carbons (Fsp3) is 0.429.